The molecule has 2 heterocycles. The Morgan fingerprint density at radius 1 is 0.957 bits per heavy atom. The van der Waals surface area contributed by atoms with Gasteiger partial charge in [-0.25, -0.2) is 9.97 Å². The fraction of sp³-hybridized carbons (Fsp3) is 0. The van der Waals surface area contributed by atoms with Crippen LogP contribution in [-0.2, 0) is 0 Å². The van der Waals surface area contributed by atoms with Crippen LogP contribution in [0.25, 0.3) is 21.5 Å². The fourth-order valence-electron chi connectivity index (χ4n) is 2.09. The zero-order valence-corrected chi connectivity index (χ0v) is 15.5. The summed E-state index contributed by atoms with van der Waals surface area (Å²) in [6.07, 6.45) is 0. The van der Waals surface area contributed by atoms with Gasteiger partial charge in [-0.1, -0.05) is 35.3 Å². The highest BCUT2D eigenvalue weighted by Crippen LogP contribution is 2.38. The summed E-state index contributed by atoms with van der Waals surface area (Å²) in [5, 5.41) is 3.24. The molecule has 0 bridgehead atoms. The first-order valence-corrected chi connectivity index (χ1v) is 9.90. The van der Waals surface area contributed by atoms with E-state index in [4.69, 9.17) is 23.2 Å². The van der Waals surface area contributed by atoms with Gasteiger partial charge in [0.05, 0.1) is 20.9 Å². The number of nitrogens with zero attached hydrogens (tertiary/aromatic N) is 2. The van der Waals surface area contributed by atoms with Crippen LogP contribution in [0, 0.1) is 0 Å². The molecule has 0 N–H and O–H groups in total. The molecule has 0 spiro atoms. The van der Waals surface area contributed by atoms with Gasteiger partial charge in [0.15, 0.2) is 8.68 Å². The molecule has 2 aromatic carbocycles. The highest BCUT2D eigenvalue weighted by Gasteiger charge is 2.12. The number of thiazole rings is 2. The van der Waals surface area contributed by atoms with Crippen molar-refractivity contribution in [2.24, 2.45) is 0 Å². The van der Waals surface area contributed by atoms with E-state index in [2.05, 4.69) is 16.0 Å². The molecule has 4 rings (SSSR count). The first-order chi connectivity index (χ1) is 11.2. The van der Waals surface area contributed by atoms with Crippen LogP contribution in [0.15, 0.2) is 56.5 Å². The van der Waals surface area contributed by atoms with E-state index in [0.29, 0.717) is 10.0 Å². The molecule has 0 radical (unpaired) electrons. The summed E-state index contributed by atoms with van der Waals surface area (Å²) in [6.45, 7) is 0. The van der Waals surface area contributed by atoms with Gasteiger partial charge in [-0.15, -0.1) is 22.7 Å². The van der Waals surface area contributed by atoms with Crippen LogP contribution in [-0.4, -0.2) is 9.97 Å². The van der Waals surface area contributed by atoms with Gasteiger partial charge in [-0.3, -0.25) is 0 Å². The molecule has 2 nitrogen and oxygen atoms in total. The molecule has 0 aliphatic carbocycles. The molecule has 0 saturated heterocycles. The van der Waals surface area contributed by atoms with Gasteiger partial charge in [-0.05, 0) is 42.1 Å². The molecule has 2 aromatic heterocycles. The van der Waals surface area contributed by atoms with Crippen molar-refractivity contribution in [3.8, 4) is 11.3 Å². The Hall–Kier alpha value is -1.11. The first kappa shape index (κ1) is 15.4. The zero-order chi connectivity index (χ0) is 15.8. The quantitative estimate of drug-likeness (QED) is 0.378. The molecule has 7 heteroatoms. The maximum atomic E-state index is 6.25. The Bertz CT molecular complexity index is 961. The minimum atomic E-state index is 0.610. The van der Waals surface area contributed by atoms with Gasteiger partial charge in [0, 0.05) is 16.0 Å². The molecule has 0 amide bonds. The first-order valence-electron chi connectivity index (χ1n) is 6.63. The fourth-order valence-corrected chi connectivity index (χ4v) is 5.68. The second-order valence-electron chi connectivity index (χ2n) is 4.67. The zero-order valence-electron chi connectivity index (χ0n) is 11.5. The largest absolute Gasteiger partial charge is 0.229 e. The van der Waals surface area contributed by atoms with E-state index in [1.807, 2.05) is 35.7 Å². The molecular formula is C16H8Cl2N2S3. The molecule has 4 aromatic rings. The van der Waals surface area contributed by atoms with Crippen molar-refractivity contribution in [3.63, 3.8) is 0 Å². The van der Waals surface area contributed by atoms with E-state index in [1.165, 1.54) is 4.70 Å². The maximum Gasteiger partial charge on any atom is 0.158 e. The highest BCUT2D eigenvalue weighted by molar-refractivity contribution is 8.02. The maximum absolute atomic E-state index is 6.25. The van der Waals surface area contributed by atoms with Crippen molar-refractivity contribution in [1.29, 1.82) is 0 Å². The second kappa shape index (κ2) is 6.42. The monoisotopic (exact) mass is 394 g/mol. The molecule has 0 fully saturated rings. The lowest BCUT2D eigenvalue weighted by Crippen LogP contribution is -1.80. The van der Waals surface area contributed by atoms with Crippen molar-refractivity contribution in [2.45, 2.75) is 8.68 Å². The standard InChI is InChI=1S/C16H8Cl2N2S3/c17-9-5-6-10(11(18)7-9)13-8-21-15(20-13)23-16-19-12-3-1-2-4-14(12)22-16/h1-8H. The van der Waals surface area contributed by atoms with Crippen LogP contribution in [0.3, 0.4) is 0 Å². The van der Waals surface area contributed by atoms with Crippen molar-refractivity contribution in [1.82, 2.24) is 9.97 Å². The van der Waals surface area contributed by atoms with E-state index in [1.54, 1.807) is 40.5 Å². The normalized spacial score (nSPS) is 11.2. The van der Waals surface area contributed by atoms with Crippen LogP contribution in [0.2, 0.25) is 10.0 Å². The SMILES string of the molecule is Clc1ccc(-c2csc(Sc3nc4ccccc4s3)n2)c(Cl)c1. The summed E-state index contributed by atoms with van der Waals surface area (Å²) in [5.41, 5.74) is 2.78. The minimum Gasteiger partial charge on any atom is -0.229 e. The topological polar surface area (TPSA) is 25.8 Å². The number of rotatable bonds is 3. The summed E-state index contributed by atoms with van der Waals surface area (Å²) in [5.74, 6) is 0. The van der Waals surface area contributed by atoms with Gasteiger partial charge in [0.25, 0.3) is 0 Å². The summed E-state index contributed by atoms with van der Waals surface area (Å²) in [4.78, 5) is 9.28. The number of fused-ring (bicyclic) bond motifs is 1. The molecule has 114 valence electrons. The Morgan fingerprint density at radius 3 is 2.65 bits per heavy atom. The third-order valence-corrected chi connectivity index (χ3v) is 6.72. The lowest BCUT2D eigenvalue weighted by molar-refractivity contribution is 1.23. The minimum absolute atomic E-state index is 0.610. The second-order valence-corrected chi connectivity index (χ2v) is 8.90. The predicted octanol–water partition coefficient (Wildman–Crippen LogP) is 6.88. The highest BCUT2D eigenvalue weighted by atomic mass is 35.5. The van der Waals surface area contributed by atoms with Crippen LogP contribution in [0.4, 0.5) is 0 Å². The number of benzene rings is 2. The smallest absolute Gasteiger partial charge is 0.158 e. The van der Waals surface area contributed by atoms with E-state index in [-0.39, 0.29) is 0 Å². The van der Waals surface area contributed by atoms with Gasteiger partial charge in [0.1, 0.15) is 0 Å². The lowest BCUT2D eigenvalue weighted by Gasteiger charge is -2.00. The Morgan fingerprint density at radius 2 is 1.83 bits per heavy atom. The van der Waals surface area contributed by atoms with Crippen molar-refractivity contribution < 1.29 is 0 Å². The predicted molar refractivity (Wildman–Crippen MR) is 101 cm³/mol. The average molecular weight is 395 g/mol. The van der Waals surface area contributed by atoms with Gasteiger partial charge < -0.3 is 0 Å². The Kier molecular flexibility index (Phi) is 4.30. The molecule has 0 aliphatic heterocycles. The van der Waals surface area contributed by atoms with Gasteiger partial charge in [-0.2, -0.15) is 0 Å². The van der Waals surface area contributed by atoms with Crippen LogP contribution in [0.5, 0.6) is 0 Å². The number of aromatic nitrogens is 2. The van der Waals surface area contributed by atoms with Crippen LogP contribution >= 0.6 is 57.6 Å². The molecular weight excluding hydrogens is 387 g/mol. The van der Waals surface area contributed by atoms with E-state index in [9.17, 15) is 0 Å². The van der Waals surface area contributed by atoms with Crippen molar-refractivity contribution >= 4 is 67.9 Å². The molecule has 0 aliphatic rings. The summed E-state index contributed by atoms with van der Waals surface area (Å²) < 4.78 is 3.13. The van der Waals surface area contributed by atoms with Crippen LogP contribution < -0.4 is 0 Å². The summed E-state index contributed by atoms with van der Waals surface area (Å²) in [7, 11) is 0. The van der Waals surface area contributed by atoms with Gasteiger partial charge >= 0.3 is 0 Å². The Balaban J connectivity index is 1.62. The third kappa shape index (κ3) is 3.25. The number of halogens is 2. The van der Waals surface area contributed by atoms with Gasteiger partial charge in [0.2, 0.25) is 0 Å². The molecule has 0 saturated carbocycles. The molecule has 0 atom stereocenters. The van der Waals surface area contributed by atoms with Crippen LogP contribution in [0.1, 0.15) is 0 Å². The number of hydrogen-bond donors (Lipinski definition) is 0. The average Bonchev–Trinajstić information content (AvgIpc) is 3.13. The lowest BCUT2D eigenvalue weighted by atomic mass is 10.2. The van der Waals surface area contributed by atoms with E-state index in [0.717, 1.165) is 25.5 Å². The summed E-state index contributed by atoms with van der Waals surface area (Å²) in [6, 6.07) is 13.6. The van der Waals surface area contributed by atoms with E-state index < -0.39 is 0 Å². The van der Waals surface area contributed by atoms with Crippen molar-refractivity contribution in [2.75, 3.05) is 0 Å². The number of para-hydroxylation sites is 1. The molecule has 0 unspecified atom stereocenters. The molecule has 23 heavy (non-hydrogen) atoms. The van der Waals surface area contributed by atoms with Crippen molar-refractivity contribution in [3.05, 3.63) is 57.9 Å². The third-order valence-electron chi connectivity index (χ3n) is 3.14. The van der Waals surface area contributed by atoms with E-state index >= 15 is 0 Å². The summed E-state index contributed by atoms with van der Waals surface area (Å²) >= 11 is 17.0. The Labute approximate surface area is 155 Å². The number of hydrogen-bond acceptors (Lipinski definition) is 5.